The number of benzene rings is 2. The lowest BCUT2D eigenvalue weighted by atomic mass is 10.1. The summed E-state index contributed by atoms with van der Waals surface area (Å²) in [6.07, 6.45) is 0. The van der Waals surface area contributed by atoms with Gasteiger partial charge < -0.3 is 9.47 Å². The molecule has 1 aromatic heterocycles. The van der Waals surface area contributed by atoms with Crippen LogP contribution in [0.1, 0.15) is 6.92 Å². The lowest BCUT2D eigenvalue weighted by Crippen LogP contribution is -2.32. The molecule has 158 valence electrons. The molecule has 1 N–H and O–H groups in total. The lowest BCUT2D eigenvalue weighted by molar-refractivity contribution is 0.331. The largest absolute Gasteiger partial charge is 0.497 e. The SMILES string of the molecule is CCOc1ccccc1S(=O)(=O)NCCn1nc(-c2ccc(OC)cc2)ccc1=O. The van der Waals surface area contributed by atoms with Gasteiger partial charge in [0.05, 0.1) is 26.0 Å². The predicted octanol–water partition coefficient (Wildman–Crippen LogP) is 2.30. The summed E-state index contributed by atoms with van der Waals surface area (Å²) < 4.78 is 39.6. The van der Waals surface area contributed by atoms with Crippen molar-refractivity contribution >= 4 is 10.0 Å². The maximum atomic E-state index is 12.6. The van der Waals surface area contributed by atoms with Gasteiger partial charge in [-0.25, -0.2) is 17.8 Å². The molecule has 0 unspecified atom stereocenters. The van der Waals surface area contributed by atoms with Crippen LogP contribution < -0.4 is 19.8 Å². The molecule has 0 aliphatic carbocycles. The van der Waals surface area contributed by atoms with E-state index in [0.29, 0.717) is 18.1 Å². The first-order chi connectivity index (χ1) is 14.4. The van der Waals surface area contributed by atoms with Crippen molar-refractivity contribution in [2.75, 3.05) is 20.3 Å². The molecule has 0 amide bonds. The van der Waals surface area contributed by atoms with Crippen LogP contribution in [0.4, 0.5) is 0 Å². The van der Waals surface area contributed by atoms with E-state index in [2.05, 4.69) is 9.82 Å². The molecule has 3 aromatic rings. The van der Waals surface area contributed by atoms with Gasteiger partial charge in [-0.2, -0.15) is 5.10 Å². The minimum atomic E-state index is -3.80. The van der Waals surface area contributed by atoms with Crippen LogP contribution in [0, 0.1) is 0 Å². The van der Waals surface area contributed by atoms with Gasteiger partial charge in [0.25, 0.3) is 5.56 Å². The number of ether oxygens (including phenoxy) is 2. The Kier molecular flexibility index (Phi) is 6.86. The highest BCUT2D eigenvalue weighted by Crippen LogP contribution is 2.23. The molecule has 0 bridgehead atoms. The molecule has 3 rings (SSSR count). The molecule has 0 aliphatic heterocycles. The van der Waals surface area contributed by atoms with Crippen molar-refractivity contribution in [1.29, 1.82) is 0 Å². The quantitative estimate of drug-likeness (QED) is 0.560. The van der Waals surface area contributed by atoms with Gasteiger partial charge in [-0.1, -0.05) is 12.1 Å². The smallest absolute Gasteiger partial charge is 0.266 e. The van der Waals surface area contributed by atoms with Crippen LogP contribution in [-0.2, 0) is 16.6 Å². The second-order valence-electron chi connectivity index (χ2n) is 6.29. The highest BCUT2D eigenvalue weighted by Gasteiger charge is 2.18. The number of methoxy groups -OCH3 is 1. The molecule has 1 heterocycles. The summed E-state index contributed by atoms with van der Waals surface area (Å²) in [4.78, 5) is 12.2. The first kappa shape index (κ1) is 21.5. The number of hydrogen-bond donors (Lipinski definition) is 1. The van der Waals surface area contributed by atoms with E-state index in [1.54, 1.807) is 50.4 Å². The zero-order valence-electron chi connectivity index (χ0n) is 16.7. The van der Waals surface area contributed by atoms with E-state index in [0.717, 1.165) is 5.56 Å². The number of hydrogen-bond acceptors (Lipinski definition) is 6. The average molecular weight is 429 g/mol. The van der Waals surface area contributed by atoms with Crippen molar-refractivity contribution in [2.24, 2.45) is 0 Å². The zero-order chi connectivity index (χ0) is 21.6. The summed E-state index contributed by atoms with van der Waals surface area (Å²) in [5.41, 5.74) is 1.10. The van der Waals surface area contributed by atoms with Gasteiger partial charge in [0.15, 0.2) is 0 Å². The number of nitrogens with one attached hydrogen (secondary N) is 1. The number of nitrogens with zero attached hydrogens (tertiary/aromatic N) is 2. The van der Waals surface area contributed by atoms with Crippen LogP contribution in [0.2, 0.25) is 0 Å². The number of aromatic nitrogens is 2. The van der Waals surface area contributed by atoms with Gasteiger partial charge in [-0.05, 0) is 49.4 Å². The van der Waals surface area contributed by atoms with Crippen molar-refractivity contribution in [3.8, 4) is 22.8 Å². The first-order valence-electron chi connectivity index (χ1n) is 9.38. The normalized spacial score (nSPS) is 11.3. The third-order valence-electron chi connectivity index (χ3n) is 4.31. The molecule has 0 spiro atoms. The first-order valence-corrected chi connectivity index (χ1v) is 10.9. The summed E-state index contributed by atoms with van der Waals surface area (Å²) in [7, 11) is -2.21. The van der Waals surface area contributed by atoms with Gasteiger partial charge in [-0.3, -0.25) is 4.79 Å². The van der Waals surface area contributed by atoms with E-state index < -0.39 is 10.0 Å². The van der Waals surface area contributed by atoms with E-state index in [4.69, 9.17) is 9.47 Å². The average Bonchev–Trinajstić information content (AvgIpc) is 2.75. The molecule has 0 atom stereocenters. The van der Waals surface area contributed by atoms with Gasteiger partial charge >= 0.3 is 0 Å². The molecule has 0 aliphatic rings. The number of sulfonamides is 1. The van der Waals surface area contributed by atoms with Crippen molar-refractivity contribution < 1.29 is 17.9 Å². The Morgan fingerprint density at radius 2 is 1.77 bits per heavy atom. The number of rotatable bonds is 9. The maximum Gasteiger partial charge on any atom is 0.266 e. The van der Waals surface area contributed by atoms with Crippen molar-refractivity contribution in [3.05, 3.63) is 71.0 Å². The molecule has 9 heteroatoms. The molecular formula is C21H23N3O5S. The summed E-state index contributed by atoms with van der Waals surface area (Å²) in [6, 6.07) is 16.7. The fourth-order valence-electron chi connectivity index (χ4n) is 2.84. The molecule has 0 radical (unpaired) electrons. The minimum absolute atomic E-state index is 0.00175. The number of para-hydroxylation sites is 1. The van der Waals surface area contributed by atoms with Gasteiger partial charge in [-0.15, -0.1) is 0 Å². The van der Waals surface area contributed by atoms with E-state index in [-0.39, 0.29) is 29.3 Å². The fourth-order valence-corrected chi connectivity index (χ4v) is 4.00. The summed E-state index contributed by atoms with van der Waals surface area (Å²) in [5, 5.41) is 4.34. The molecule has 0 saturated carbocycles. The Morgan fingerprint density at radius 3 is 2.47 bits per heavy atom. The van der Waals surface area contributed by atoms with E-state index in [9.17, 15) is 13.2 Å². The van der Waals surface area contributed by atoms with Crippen LogP contribution in [0.3, 0.4) is 0 Å². The van der Waals surface area contributed by atoms with Crippen LogP contribution in [0.5, 0.6) is 11.5 Å². The van der Waals surface area contributed by atoms with Crippen LogP contribution >= 0.6 is 0 Å². The van der Waals surface area contributed by atoms with Gasteiger partial charge in [0, 0.05) is 18.2 Å². The molecule has 0 saturated heterocycles. The topological polar surface area (TPSA) is 99.5 Å². The van der Waals surface area contributed by atoms with E-state index in [1.807, 2.05) is 12.1 Å². The fraction of sp³-hybridized carbons (Fsp3) is 0.238. The Labute approximate surface area is 175 Å². The van der Waals surface area contributed by atoms with E-state index >= 15 is 0 Å². The Balaban J connectivity index is 1.73. The third kappa shape index (κ3) is 5.05. The molecule has 8 nitrogen and oxygen atoms in total. The molecule has 2 aromatic carbocycles. The van der Waals surface area contributed by atoms with Crippen molar-refractivity contribution in [1.82, 2.24) is 14.5 Å². The standard InChI is InChI=1S/C21H23N3O5S/c1-3-29-19-6-4-5-7-20(19)30(26,27)22-14-15-24-21(25)13-12-18(23-24)16-8-10-17(28-2)11-9-16/h4-13,22H,3,14-15H2,1-2H3. The van der Waals surface area contributed by atoms with Crippen molar-refractivity contribution in [2.45, 2.75) is 18.4 Å². The van der Waals surface area contributed by atoms with Crippen LogP contribution in [-0.4, -0.2) is 38.5 Å². The zero-order valence-corrected chi connectivity index (χ0v) is 17.6. The van der Waals surface area contributed by atoms with Crippen LogP contribution in [0.25, 0.3) is 11.3 Å². The predicted molar refractivity (Wildman–Crippen MR) is 113 cm³/mol. The minimum Gasteiger partial charge on any atom is -0.497 e. The summed E-state index contributed by atoms with van der Waals surface area (Å²) >= 11 is 0. The Hall–Kier alpha value is -3.17. The molecule has 0 fully saturated rings. The Morgan fingerprint density at radius 1 is 1.03 bits per heavy atom. The summed E-state index contributed by atoms with van der Waals surface area (Å²) in [6.45, 7) is 2.22. The summed E-state index contributed by atoms with van der Waals surface area (Å²) in [5.74, 6) is 0.998. The van der Waals surface area contributed by atoms with Gasteiger partial charge in [0.1, 0.15) is 16.4 Å². The molecule has 30 heavy (non-hydrogen) atoms. The van der Waals surface area contributed by atoms with Gasteiger partial charge in [0.2, 0.25) is 10.0 Å². The van der Waals surface area contributed by atoms with Crippen LogP contribution in [0.15, 0.2) is 70.4 Å². The maximum absolute atomic E-state index is 12.6. The molecular weight excluding hydrogens is 406 g/mol. The lowest BCUT2D eigenvalue weighted by Gasteiger charge is -2.12. The third-order valence-corrected chi connectivity index (χ3v) is 5.81. The highest BCUT2D eigenvalue weighted by molar-refractivity contribution is 7.89. The second-order valence-corrected chi connectivity index (χ2v) is 8.02. The van der Waals surface area contributed by atoms with E-state index in [1.165, 1.54) is 16.8 Å². The second kappa shape index (κ2) is 9.55. The monoisotopic (exact) mass is 429 g/mol. The Bertz CT molecular complexity index is 1160. The van der Waals surface area contributed by atoms with Crippen molar-refractivity contribution in [3.63, 3.8) is 0 Å². The highest BCUT2D eigenvalue weighted by atomic mass is 32.2.